The second kappa shape index (κ2) is 5.96. The Balaban J connectivity index is 1.72. The smallest absolute Gasteiger partial charge is 0.216 e. The van der Waals surface area contributed by atoms with Crippen LogP contribution in [0.3, 0.4) is 0 Å². The maximum Gasteiger partial charge on any atom is 0.216 e. The van der Waals surface area contributed by atoms with E-state index in [1.807, 2.05) is 6.20 Å². The number of hydrogen-bond acceptors (Lipinski definition) is 3. The highest BCUT2D eigenvalue weighted by atomic mass is 16.5. The highest BCUT2D eigenvalue weighted by Crippen LogP contribution is 2.43. The van der Waals surface area contributed by atoms with Gasteiger partial charge < -0.3 is 9.64 Å². The number of likely N-dealkylation sites (tertiary alicyclic amines) is 1. The number of aromatic nitrogens is 1. The van der Waals surface area contributed by atoms with E-state index >= 15 is 0 Å². The zero-order valence-corrected chi connectivity index (χ0v) is 12.5. The van der Waals surface area contributed by atoms with Gasteiger partial charge in [-0.1, -0.05) is 12.2 Å². The van der Waals surface area contributed by atoms with E-state index in [4.69, 9.17) is 4.74 Å². The van der Waals surface area contributed by atoms with E-state index in [1.54, 1.807) is 7.11 Å². The fourth-order valence-electron chi connectivity index (χ4n) is 3.05. The summed E-state index contributed by atoms with van der Waals surface area (Å²) in [6.07, 6.45) is 11.7. The second-order valence-electron chi connectivity index (χ2n) is 6.17. The summed E-state index contributed by atoms with van der Waals surface area (Å²) in [6.45, 7) is 2.41. The number of methoxy groups -OCH3 is 1. The lowest BCUT2D eigenvalue weighted by molar-refractivity contribution is 0.238. The molecule has 1 atom stereocenters. The number of nitrogens with zero attached hydrogens (tertiary/aromatic N) is 2. The van der Waals surface area contributed by atoms with Gasteiger partial charge in [0, 0.05) is 18.3 Å². The largest absolute Gasteiger partial charge is 0.481 e. The highest BCUT2D eigenvalue weighted by molar-refractivity contribution is 5.52. The molecule has 0 aromatic carbocycles. The number of pyridine rings is 1. The third-order valence-corrected chi connectivity index (χ3v) is 4.33. The summed E-state index contributed by atoms with van der Waals surface area (Å²) in [5.41, 5.74) is 2.50. The van der Waals surface area contributed by atoms with E-state index in [0.717, 1.165) is 5.88 Å². The average Bonchev–Trinajstić information content (AvgIpc) is 3.29. The van der Waals surface area contributed by atoms with Crippen LogP contribution in [-0.4, -0.2) is 37.1 Å². The molecule has 1 aromatic rings. The Hall–Kier alpha value is -1.35. The molecule has 108 valence electrons. The van der Waals surface area contributed by atoms with Crippen LogP contribution in [0.4, 0.5) is 0 Å². The van der Waals surface area contributed by atoms with Crippen LogP contribution in [0.5, 0.6) is 5.88 Å². The fraction of sp³-hybridized carbons (Fsp3) is 0.588. The van der Waals surface area contributed by atoms with Crippen LogP contribution in [0.15, 0.2) is 18.3 Å². The summed E-state index contributed by atoms with van der Waals surface area (Å²) in [4.78, 5) is 6.87. The van der Waals surface area contributed by atoms with Crippen LogP contribution in [0, 0.1) is 5.92 Å². The van der Waals surface area contributed by atoms with Gasteiger partial charge in [-0.15, -0.1) is 0 Å². The number of rotatable bonds is 4. The van der Waals surface area contributed by atoms with Crippen molar-refractivity contribution in [2.45, 2.75) is 31.6 Å². The van der Waals surface area contributed by atoms with Gasteiger partial charge >= 0.3 is 0 Å². The van der Waals surface area contributed by atoms with E-state index in [-0.39, 0.29) is 0 Å². The Morgan fingerprint density at radius 1 is 1.35 bits per heavy atom. The van der Waals surface area contributed by atoms with Crippen LogP contribution in [0.2, 0.25) is 0 Å². The minimum Gasteiger partial charge on any atom is -0.481 e. The molecule has 20 heavy (non-hydrogen) atoms. The average molecular weight is 272 g/mol. The van der Waals surface area contributed by atoms with Gasteiger partial charge in [0.2, 0.25) is 5.88 Å². The summed E-state index contributed by atoms with van der Waals surface area (Å²) in [6, 6.07) is 2.26. The van der Waals surface area contributed by atoms with Crippen molar-refractivity contribution in [1.29, 1.82) is 0 Å². The molecule has 0 bridgehead atoms. The molecule has 3 heteroatoms. The first-order valence-electron chi connectivity index (χ1n) is 7.67. The molecule has 0 radical (unpaired) electrons. The maximum absolute atomic E-state index is 5.37. The van der Waals surface area contributed by atoms with E-state index in [2.05, 4.69) is 35.1 Å². The molecule has 0 unspecified atom stereocenters. The van der Waals surface area contributed by atoms with Crippen LogP contribution < -0.4 is 4.74 Å². The third-order valence-electron chi connectivity index (χ3n) is 4.33. The van der Waals surface area contributed by atoms with Gasteiger partial charge in [-0.3, -0.25) is 0 Å². The van der Waals surface area contributed by atoms with Crippen molar-refractivity contribution < 1.29 is 4.74 Å². The molecule has 0 spiro atoms. The van der Waals surface area contributed by atoms with Crippen LogP contribution >= 0.6 is 0 Å². The summed E-state index contributed by atoms with van der Waals surface area (Å²) >= 11 is 0. The molecule has 1 saturated heterocycles. The SMILES string of the molecule is COc1ncc(/C=C/[C@@H]2CCCN(C)C2)cc1C1CC1. The quantitative estimate of drug-likeness (QED) is 0.840. The predicted molar refractivity (Wildman–Crippen MR) is 82.0 cm³/mol. The number of piperidine rings is 1. The molecule has 2 aliphatic rings. The van der Waals surface area contributed by atoms with Crippen molar-refractivity contribution in [3.05, 3.63) is 29.5 Å². The first-order valence-corrected chi connectivity index (χ1v) is 7.67. The molecule has 1 aliphatic carbocycles. The van der Waals surface area contributed by atoms with Gasteiger partial charge in [0.1, 0.15) is 0 Å². The highest BCUT2D eigenvalue weighted by Gasteiger charge is 2.27. The molecular formula is C17H24N2O. The Bertz CT molecular complexity index is 494. The van der Waals surface area contributed by atoms with Crippen molar-refractivity contribution in [3.63, 3.8) is 0 Å². The maximum atomic E-state index is 5.37. The number of ether oxygens (including phenoxy) is 1. The summed E-state index contributed by atoms with van der Waals surface area (Å²) in [5.74, 6) is 2.16. The Labute approximate surface area is 121 Å². The lowest BCUT2D eigenvalue weighted by Gasteiger charge is -2.27. The van der Waals surface area contributed by atoms with E-state index < -0.39 is 0 Å². The molecule has 0 amide bonds. The summed E-state index contributed by atoms with van der Waals surface area (Å²) in [7, 11) is 3.92. The Morgan fingerprint density at radius 3 is 2.90 bits per heavy atom. The normalized spacial score (nSPS) is 24.2. The molecule has 2 fully saturated rings. The zero-order valence-electron chi connectivity index (χ0n) is 12.5. The zero-order chi connectivity index (χ0) is 13.9. The van der Waals surface area contributed by atoms with Crippen molar-refractivity contribution >= 4 is 6.08 Å². The van der Waals surface area contributed by atoms with Crippen molar-refractivity contribution in [1.82, 2.24) is 9.88 Å². The van der Waals surface area contributed by atoms with Crippen LogP contribution in [0.25, 0.3) is 6.08 Å². The molecule has 0 N–H and O–H groups in total. The molecule has 3 nitrogen and oxygen atoms in total. The third kappa shape index (κ3) is 3.21. The first kappa shape index (κ1) is 13.6. The molecule has 3 rings (SSSR count). The van der Waals surface area contributed by atoms with Gasteiger partial charge in [0.15, 0.2) is 0 Å². The topological polar surface area (TPSA) is 25.4 Å². The van der Waals surface area contributed by atoms with Crippen molar-refractivity contribution in [2.75, 3.05) is 27.2 Å². The molecule has 2 heterocycles. The van der Waals surface area contributed by atoms with Gasteiger partial charge in [-0.2, -0.15) is 0 Å². The molecule has 1 saturated carbocycles. The summed E-state index contributed by atoms with van der Waals surface area (Å²) in [5, 5.41) is 0. The Morgan fingerprint density at radius 2 is 2.20 bits per heavy atom. The molecule has 1 aliphatic heterocycles. The monoisotopic (exact) mass is 272 g/mol. The summed E-state index contributed by atoms with van der Waals surface area (Å²) < 4.78 is 5.37. The van der Waals surface area contributed by atoms with Crippen molar-refractivity contribution in [2.24, 2.45) is 5.92 Å². The lowest BCUT2D eigenvalue weighted by atomic mass is 9.97. The Kier molecular flexibility index (Phi) is 4.06. The van der Waals surface area contributed by atoms with Gasteiger partial charge in [-0.05, 0) is 62.7 Å². The second-order valence-corrected chi connectivity index (χ2v) is 6.17. The van der Waals surface area contributed by atoms with Crippen molar-refractivity contribution in [3.8, 4) is 5.88 Å². The van der Waals surface area contributed by atoms with Gasteiger partial charge in [0.05, 0.1) is 7.11 Å². The van der Waals surface area contributed by atoms with E-state index in [1.165, 1.54) is 49.9 Å². The minimum absolute atomic E-state index is 0.673. The van der Waals surface area contributed by atoms with E-state index in [9.17, 15) is 0 Å². The molecular weight excluding hydrogens is 248 g/mol. The van der Waals surface area contributed by atoms with Gasteiger partial charge in [0.25, 0.3) is 0 Å². The number of hydrogen-bond donors (Lipinski definition) is 0. The predicted octanol–water partition coefficient (Wildman–Crippen LogP) is 3.32. The van der Waals surface area contributed by atoms with Crippen LogP contribution in [0.1, 0.15) is 42.7 Å². The standard InChI is InChI=1S/C17H24N2O/c1-19-9-3-4-13(12-19)5-6-14-10-16(15-7-8-15)17(20-2)18-11-14/h5-6,10-11,13,15H,3-4,7-9,12H2,1-2H3/b6-5+/t13-/m0/s1. The molecule has 1 aromatic heterocycles. The minimum atomic E-state index is 0.673. The first-order chi connectivity index (χ1) is 9.76. The van der Waals surface area contributed by atoms with E-state index in [0.29, 0.717) is 11.8 Å². The van der Waals surface area contributed by atoms with Crippen LogP contribution in [-0.2, 0) is 0 Å². The lowest BCUT2D eigenvalue weighted by Crippen LogP contribution is -2.30. The van der Waals surface area contributed by atoms with Gasteiger partial charge in [-0.25, -0.2) is 4.98 Å². The fourth-order valence-corrected chi connectivity index (χ4v) is 3.05.